The van der Waals surface area contributed by atoms with Crippen LogP contribution >= 0.6 is 0 Å². The van der Waals surface area contributed by atoms with Gasteiger partial charge in [0, 0.05) is 37.7 Å². The fourth-order valence-corrected chi connectivity index (χ4v) is 4.06. The van der Waals surface area contributed by atoms with Crippen LogP contribution in [0.1, 0.15) is 41.9 Å². The van der Waals surface area contributed by atoms with Crippen molar-refractivity contribution < 1.29 is 32.2 Å². The van der Waals surface area contributed by atoms with Gasteiger partial charge in [-0.25, -0.2) is 13.2 Å². The summed E-state index contributed by atoms with van der Waals surface area (Å²) in [6, 6.07) is 1.08. The highest BCUT2D eigenvalue weighted by Gasteiger charge is 2.47. The number of aliphatic hydroxyl groups excluding tert-OH is 1. The number of alkyl halides is 4. The minimum absolute atomic E-state index is 0.155. The number of hydrogen-bond donors (Lipinski definition) is 3. The summed E-state index contributed by atoms with van der Waals surface area (Å²) in [7, 11) is 0. The van der Waals surface area contributed by atoms with Crippen LogP contribution in [-0.4, -0.2) is 48.4 Å². The molecule has 12 heteroatoms. The summed E-state index contributed by atoms with van der Waals surface area (Å²) in [6.45, 7) is -0.269. The minimum Gasteiger partial charge on any atom is -0.376 e. The van der Waals surface area contributed by atoms with Crippen LogP contribution < -0.4 is 5.32 Å². The summed E-state index contributed by atoms with van der Waals surface area (Å²) in [6.07, 6.45) is 0.821. The summed E-state index contributed by atoms with van der Waals surface area (Å²) >= 11 is 0. The Morgan fingerprint density at radius 3 is 2.72 bits per heavy atom. The van der Waals surface area contributed by atoms with Crippen molar-refractivity contribution in [3.63, 3.8) is 0 Å². The van der Waals surface area contributed by atoms with Gasteiger partial charge >= 0.3 is 0 Å². The van der Waals surface area contributed by atoms with Crippen LogP contribution in [0.4, 0.5) is 27.6 Å². The van der Waals surface area contributed by atoms with E-state index in [9.17, 15) is 32.2 Å². The first-order valence-corrected chi connectivity index (χ1v) is 9.83. The van der Waals surface area contributed by atoms with E-state index in [0.717, 1.165) is 16.9 Å². The smallest absolute Gasteiger partial charge is 0.289 e. The number of nitrogens with one attached hydrogen (secondary N) is 1. The van der Waals surface area contributed by atoms with Crippen LogP contribution in [0.15, 0.2) is 12.3 Å². The molecule has 2 atom stereocenters. The van der Waals surface area contributed by atoms with Gasteiger partial charge in [-0.2, -0.15) is 13.9 Å². The van der Waals surface area contributed by atoms with Crippen LogP contribution in [0.3, 0.4) is 0 Å². The van der Waals surface area contributed by atoms with Crippen LogP contribution in [0.5, 0.6) is 0 Å². The quantitative estimate of drug-likeness (QED) is 0.371. The lowest BCUT2D eigenvalue weighted by Gasteiger charge is -2.32. The molecule has 2 aromatic rings. The van der Waals surface area contributed by atoms with E-state index in [2.05, 4.69) is 21.3 Å². The van der Waals surface area contributed by atoms with Gasteiger partial charge in [0.1, 0.15) is 17.0 Å². The summed E-state index contributed by atoms with van der Waals surface area (Å²) < 4.78 is 70.9. The summed E-state index contributed by atoms with van der Waals surface area (Å²) in [4.78, 5) is 4.63. The number of terminal acetylenes is 1. The fraction of sp³-hybridized carbons (Fsp3) is 0.500. The van der Waals surface area contributed by atoms with Crippen molar-refractivity contribution in [3.05, 3.63) is 40.7 Å². The molecule has 0 radical (unpaired) electrons. The van der Waals surface area contributed by atoms with Gasteiger partial charge in [-0.3, -0.25) is 14.6 Å². The molecule has 0 saturated heterocycles. The number of halogens is 5. The first-order chi connectivity index (χ1) is 15.0. The molecular weight excluding hydrogens is 437 g/mol. The van der Waals surface area contributed by atoms with Gasteiger partial charge in [0.25, 0.3) is 12.3 Å². The van der Waals surface area contributed by atoms with E-state index in [4.69, 9.17) is 6.42 Å². The number of aromatic nitrogens is 3. The lowest BCUT2D eigenvalue weighted by Crippen LogP contribution is -2.44. The van der Waals surface area contributed by atoms with Gasteiger partial charge in [0.05, 0.1) is 17.9 Å². The van der Waals surface area contributed by atoms with Crippen molar-refractivity contribution in [1.82, 2.24) is 19.7 Å². The van der Waals surface area contributed by atoms with E-state index in [1.807, 2.05) is 0 Å². The maximum Gasteiger partial charge on any atom is 0.289 e. The molecule has 4 heterocycles. The molecule has 0 aromatic carbocycles. The molecule has 172 valence electrons. The Balaban J connectivity index is 1.60. The van der Waals surface area contributed by atoms with Crippen molar-refractivity contribution >= 4 is 5.69 Å². The van der Waals surface area contributed by atoms with E-state index in [1.54, 1.807) is 0 Å². The zero-order valence-corrected chi connectivity index (χ0v) is 16.7. The number of aliphatic hydroxyl groups is 2. The third-order valence-electron chi connectivity index (χ3n) is 5.76. The second-order valence-electron chi connectivity index (χ2n) is 7.91. The lowest BCUT2D eigenvalue weighted by atomic mass is 9.96. The summed E-state index contributed by atoms with van der Waals surface area (Å²) in [5.74, 6) is -2.46. The minimum atomic E-state index is -3.31. The average Bonchev–Trinajstić information content (AvgIpc) is 3.06. The molecule has 2 aliphatic rings. The number of hydrogen-bond acceptors (Lipinski definition) is 6. The Kier molecular flexibility index (Phi) is 5.60. The zero-order chi connectivity index (χ0) is 23.3. The van der Waals surface area contributed by atoms with E-state index >= 15 is 0 Å². The molecule has 0 amide bonds. The van der Waals surface area contributed by atoms with Crippen molar-refractivity contribution in [1.29, 1.82) is 0 Å². The number of nitrogens with zero attached hydrogens (tertiary/aromatic N) is 4. The van der Waals surface area contributed by atoms with Gasteiger partial charge in [-0.1, -0.05) is 5.92 Å². The number of fused-ring (bicyclic) bond motifs is 3. The fourth-order valence-electron chi connectivity index (χ4n) is 4.06. The third-order valence-corrected chi connectivity index (χ3v) is 5.76. The molecule has 7 nitrogen and oxygen atoms in total. The number of pyridine rings is 1. The zero-order valence-electron chi connectivity index (χ0n) is 16.7. The predicted octanol–water partition coefficient (Wildman–Crippen LogP) is 2.35. The normalized spacial score (nSPS) is 23.7. The molecule has 3 N–H and O–H groups in total. The van der Waals surface area contributed by atoms with Gasteiger partial charge < -0.3 is 15.5 Å². The molecule has 2 aromatic heterocycles. The van der Waals surface area contributed by atoms with Gasteiger partial charge in [0.15, 0.2) is 12.2 Å². The van der Waals surface area contributed by atoms with Crippen molar-refractivity contribution in [2.24, 2.45) is 0 Å². The molecule has 0 aliphatic carbocycles. The maximum atomic E-state index is 14.9. The van der Waals surface area contributed by atoms with Crippen molar-refractivity contribution in [2.45, 2.75) is 56.7 Å². The number of anilines is 1. The molecule has 0 saturated carbocycles. The monoisotopic (exact) mass is 457 g/mol. The first kappa shape index (κ1) is 22.4. The molecular formula is C20H20F5N5O2. The Morgan fingerprint density at radius 2 is 2.03 bits per heavy atom. The van der Waals surface area contributed by atoms with Crippen LogP contribution in [-0.2, 0) is 25.4 Å². The SMILES string of the molecule is C#C[C@]1(O)CCC(F)(F)c2c3c(nn2C1)CCN(C(O)Nc1ccnc(C(F)F)c1F)C3. The highest BCUT2D eigenvalue weighted by molar-refractivity contribution is 5.46. The topological polar surface area (TPSA) is 86.4 Å². The summed E-state index contributed by atoms with van der Waals surface area (Å²) in [5, 5.41) is 27.5. The Hall–Kier alpha value is -2.75. The number of rotatable bonds is 4. The van der Waals surface area contributed by atoms with Crippen LogP contribution in [0.2, 0.25) is 0 Å². The second kappa shape index (κ2) is 7.99. The average molecular weight is 457 g/mol. The van der Waals surface area contributed by atoms with E-state index in [1.165, 1.54) is 4.90 Å². The highest BCUT2D eigenvalue weighted by atomic mass is 19.3. The van der Waals surface area contributed by atoms with Gasteiger partial charge in [-0.15, -0.1) is 6.42 Å². The Morgan fingerprint density at radius 1 is 1.28 bits per heavy atom. The molecule has 32 heavy (non-hydrogen) atoms. The van der Waals surface area contributed by atoms with Crippen LogP contribution in [0.25, 0.3) is 0 Å². The van der Waals surface area contributed by atoms with Gasteiger partial charge in [-0.05, 0) is 12.5 Å². The predicted molar refractivity (Wildman–Crippen MR) is 102 cm³/mol. The maximum absolute atomic E-state index is 14.9. The van der Waals surface area contributed by atoms with E-state index in [0.29, 0.717) is 5.69 Å². The molecule has 0 bridgehead atoms. The first-order valence-electron chi connectivity index (χ1n) is 9.83. The molecule has 4 rings (SSSR count). The molecule has 0 fully saturated rings. The van der Waals surface area contributed by atoms with Crippen molar-refractivity contribution in [3.8, 4) is 12.3 Å². The molecule has 2 aliphatic heterocycles. The third kappa shape index (κ3) is 3.92. The highest BCUT2D eigenvalue weighted by Crippen LogP contribution is 2.42. The lowest BCUT2D eigenvalue weighted by molar-refractivity contribution is -0.0320. The van der Waals surface area contributed by atoms with Crippen molar-refractivity contribution in [2.75, 3.05) is 11.9 Å². The molecule has 1 unspecified atom stereocenters. The van der Waals surface area contributed by atoms with Crippen LogP contribution in [0, 0.1) is 18.2 Å². The second-order valence-corrected chi connectivity index (χ2v) is 7.91. The Bertz CT molecular complexity index is 1070. The standard InChI is InChI=1S/C20H20F5N5O2/c1-2-19(32)5-6-20(24,25)16-11-9-29(8-4-12(11)28-30(16)10-19)18(31)27-13-3-7-26-15(14(13)21)17(22)23/h1,3,7,17-18,31-32H,4-6,8-10H2,(H,26,27)/t18?,19-/m0/s1. The molecule has 0 spiro atoms. The van der Waals surface area contributed by atoms with Gasteiger partial charge in [0.2, 0.25) is 0 Å². The van der Waals surface area contributed by atoms with E-state index < -0.39 is 47.9 Å². The largest absolute Gasteiger partial charge is 0.376 e. The summed E-state index contributed by atoms with van der Waals surface area (Å²) in [5.41, 5.74) is -3.03. The Labute approximate surface area is 179 Å². The van der Waals surface area contributed by atoms with E-state index in [-0.39, 0.29) is 43.7 Å².